The Morgan fingerprint density at radius 1 is 0.947 bits per heavy atom. The van der Waals surface area contributed by atoms with Gasteiger partial charge < -0.3 is 10.7 Å². The van der Waals surface area contributed by atoms with E-state index in [4.69, 9.17) is 5.73 Å². The summed E-state index contributed by atoms with van der Waals surface area (Å²) >= 11 is 0. The summed E-state index contributed by atoms with van der Waals surface area (Å²) in [6.45, 7) is 6.22. The summed E-state index contributed by atoms with van der Waals surface area (Å²) in [7, 11) is 0. The Bertz CT molecular complexity index is 730. The highest BCUT2D eigenvalue weighted by atomic mass is 14.9. The molecule has 0 spiro atoms. The number of nitrogens with two attached hydrogens (primary N) is 1. The zero-order chi connectivity index (χ0) is 13.6. The van der Waals surface area contributed by atoms with Crippen molar-refractivity contribution in [3.05, 3.63) is 47.0 Å². The first-order chi connectivity index (χ1) is 9.04. The molecular weight excluding hydrogens is 234 g/mol. The van der Waals surface area contributed by atoms with Crippen LogP contribution in [0.5, 0.6) is 0 Å². The number of benzene rings is 2. The summed E-state index contributed by atoms with van der Waals surface area (Å²) in [4.78, 5) is 8.00. The van der Waals surface area contributed by atoms with E-state index in [0.717, 1.165) is 33.7 Å². The number of nitrogens with zero attached hydrogens (tertiary/aromatic N) is 1. The van der Waals surface area contributed by atoms with E-state index in [9.17, 15) is 0 Å². The van der Waals surface area contributed by atoms with Gasteiger partial charge in [0, 0.05) is 11.3 Å². The number of aryl methyl sites for hydroxylation is 3. The van der Waals surface area contributed by atoms with E-state index < -0.39 is 0 Å². The molecule has 0 aliphatic carbocycles. The van der Waals surface area contributed by atoms with Crippen LogP contribution in [0.2, 0.25) is 0 Å². The molecule has 2 aromatic carbocycles. The molecule has 0 saturated heterocycles. The number of H-pyrrole nitrogens is 1. The van der Waals surface area contributed by atoms with Crippen molar-refractivity contribution in [3.8, 4) is 11.4 Å². The third-order valence-electron chi connectivity index (χ3n) is 3.65. The van der Waals surface area contributed by atoms with Gasteiger partial charge in [-0.05, 0) is 55.7 Å². The van der Waals surface area contributed by atoms with Gasteiger partial charge in [-0.1, -0.05) is 12.1 Å². The quantitative estimate of drug-likeness (QED) is 0.647. The van der Waals surface area contributed by atoms with Crippen molar-refractivity contribution < 1.29 is 0 Å². The molecule has 19 heavy (non-hydrogen) atoms. The Balaban J connectivity index is 2.17. The van der Waals surface area contributed by atoms with Gasteiger partial charge in [0.2, 0.25) is 0 Å². The third-order valence-corrected chi connectivity index (χ3v) is 3.65. The molecule has 1 aromatic heterocycles. The maximum absolute atomic E-state index is 5.96. The summed E-state index contributed by atoms with van der Waals surface area (Å²) in [5, 5.41) is 0. The summed E-state index contributed by atoms with van der Waals surface area (Å²) in [6, 6.07) is 10.3. The number of hydrogen-bond acceptors (Lipinski definition) is 2. The maximum Gasteiger partial charge on any atom is 0.138 e. The number of nitrogens with one attached hydrogen (secondary N) is 1. The van der Waals surface area contributed by atoms with E-state index in [1.54, 1.807) is 0 Å². The molecular formula is C16H17N3. The highest BCUT2D eigenvalue weighted by Crippen LogP contribution is 2.25. The Morgan fingerprint density at radius 3 is 2.42 bits per heavy atom. The minimum Gasteiger partial charge on any atom is -0.398 e. The summed E-state index contributed by atoms with van der Waals surface area (Å²) in [5.74, 6) is 0.867. The van der Waals surface area contributed by atoms with E-state index in [2.05, 4.69) is 35.9 Å². The third kappa shape index (κ3) is 1.97. The zero-order valence-corrected chi connectivity index (χ0v) is 11.4. The van der Waals surface area contributed by atoms with E-state index in [1.165, 1.54) is 11.1 Å². The lowest BCUT2D eigenvalue weighted by molar-refractivity contribution is 1.33. The maximum atomic E-state index is 5.96. The van der Waals surface area contributed by atoms with Crippen molar-refractivity contribution in [3.63, 3.8) is 0 Å². The van der Waals surface area contributed by atoms with Crippen molar-refractivity contribution >= 4 is 16.7 Å². The first kappa shape index (κ1) is 11.8. The highest BCUT2D eigenvalue weighted by Gasteiger charge is 2.07. The number of anilines is 1. The molecule has 3 heteroatoms. The van der Waals surface area contributed by atoms with Crippen LogP contribution in [0.3, 0.4) is 0 Å². The number of hydrogen-bond donors (Lipinski definition) is 2. The number of imidazole rings is 1. The average molecular weight is 251 g/mol. The molecule has 0 radical (unpaired) electrons. The second-order valence-corrected chi connectivity index (χ2v) is 5.11. The molecule has 3 aromatic rings. The monoisotopic (exact) mass is 251 g/mol. The van der Waals surface area contributed by atoms with Gasteiger partial charge >= 0.3 is 0 Å². The number of aromatic nitrogens is 2. The number of nitrogen functional groups attached to an aromatic ring is 1. The van der Waals surface area contributed by atoms with Crippen LogP contribution in [0.1, 0.15) is 16.7 Å². The lowest BCUT2D eigenvalue weighted by Gasteiger charge is -2.01. The van der Waals surface area contributed by atoms with Gasteiger partial charge in [0.25, 0.3) is 0 Å². The molecule has 96 valence electrons. The van der Waals surface area contributed by atoms with Gasteiger partial charge in [0.1, 0.15) is 5.82 Å². The number of fused-ring (bicyclic) bond motifs is 1. The normalized spacial score (nSPS) is 11.1. The van der Waals surface area contributed by atoms with Crippen molar-refractivity contribution in [2.45, 2.75) is 20.8 Å². The van der Waals surface area contributed by atoms with Gasteiger partial charge in [-0.2, -0.15) is 0 Å². The molecule has 0 aliphatic rings. The van der Waals surface area contributed by atoms with Gasteiger partial charge in [0.05, 0.1) is 11.0 Å². The Morgan fingerprint density at radius 2 is 1.68 bits per heavy atom. The first-order valence-electron chi connectivity index (χ1n) is 6.38. The van der Waals surface area contributed by atoms with Crippen LogP contribution in [-0.2, 0) is 0 Å². The Kier molecular flexibility index (Phi) is 2.56. The molecule has 0 amide bonds. The molecule has 0 atom stereocenters. The van der Waals surface area contributed by atoms with Gasteiger partial charge in [-0.25, -0.2) is 4.98 Å². The molecule has 0 saturated carbocycles. The van der Waals surface area contributed by atoms with E-state index >= 15 is 0 Å². The summed E-state index contributed by atoms with van der Waals surface area (Å²) in [5.41, 5.74) is 13.5. The van der Waals surface area contributed by atoms with Crippen LogP contribution >= 0.6 is 0 Å². The fraction of sp³-hybridized carbons (Fsp3) is 0.188. The summed E-state index contributed by atoms with van der Waals surface area (Å²) < 4.78 is 0. The van der Waals surface area contributed by atoms with Gasteiger partial charge in [0.15, 0.2) is 0 Å². The molecule has 0 unspecified atom stereocenters. The van der Waals surface area contributed by atoms with Crippen molar-refractivity contribution in [2.75, 3.05) is 5.73 Å². The molecule has 3 rings (SSSR count). The fourth-order valence-corrected chi connectivity index (χ4v) is 2.19. The van der Waals surface area contributed by atoms with Crippen LogP contribution in [-0.4, -0.2) is 9.97 Å². The van der Waals surface area contributed by atoms with Crippen molar-refractivity contribution in [2.24, 2.45) is 0 Å². The van der Waals surface area contributed by atoms with Crippen molar-refractivity contribution in [1.29, 1.82) is 0 Å². The van der Waals surface area contributed by atoms with Gasteiger partial charge in [-0.15, -0.1) is 0 Å². The number of aromatic amines is 1. The van der Waals surface area contributed by atoms with Crippen molar-refractivity contribution in [1.82, 2.24) is 9.97 Å². The van der Waals surface area contributed by atoms with Crippen LogP contribution < -0.4 is 5.73 Å². The van der Waals surface area contributed by atoms with Crippen LogP contribution in [0.4, 0.5) is 5.69 Å². The van der Waals surface area contributed by atoms with Crippen LogP contribution in [0.25, 0.3) is 22.4 Å². The predicted molar refractivity (Wildman–Crippen MR) is 80.2 cm³/mol. The fourth-order valence-electron chi connectivity index (χ4n) is 2.19. The zero-order valence-electron chi connectivity index (χ0n) is 11.4. The Hall–Kier alpha value is -2.29. The topological polar surface area (TPSA) is 54.7 Å². The van der Waals surface area contributed by atoms with E-state index in [0.29, 0.717) is 0 Å². The van der Waals surface area contributed by atoms with Crippen LogP contribution in [0.15, 0.2) is 30.3 Å². The predicted octanol–water partition coefficient (Wildman–Crippen LogP) is 3.74. The molecule has 1 heterocycles. The largest absolute Gasteiger partial charge is 0.398 e. The van der Waals surface area contributed by atoms with E-state index in [1.807, 2.05) is 25.1 Å². The van der Waals surface area contributed by atoms with Gasteiger partial charge in [-0.3, -0.25) is 0 Å². The molecule has 3 N–H and O–H groups in total. The number of rotatable bonds is 1. The lowest BCUT2D eigenvalue weighted by Crippen LogP contribution is -1.90. The second kappa shape index (κ2) is 4.12. The van der Waals surface area contributed by atoms with E-state index in [-0.39, 0.29) is 0 Å². The average Bonchev–Trinajstić information content (AvgIpc) is 2.76. The smallest absolute Gasteiger partial charge is 0.138 e. The standard InChI is InChI=1S/C16H17N3/c1-9-4-5-12(8-13(9)17)16-18-14-6-10(2)11(3)7-15(14)19-16/h4-8H,17H2,1-3H3,(H,18,19). The first-order valence-corrected chi connectivity index (χ1v) is 6.38. The Labute approximate surface area is 112 Å². The molecule has 3 nitrogen and oxygen atoms in total. The molecule has 0 bridgehead atoms. The molecule has 0 aliphatic heterocycles. The highest BCUT2D eigenvalue weighted by molar-refractivity contribution is 5.81. The molecule has 0 fully saturated rings. The summed E-state index contributed by atoms with van der Waals surface area (Å²) in [6.07, 6.45) is 0. The minimum absolute atomic E-state index is 0.797. The lowest BCUT2D eigenvalue weighted by atomic mass is 10.1. The van der Waals surface area contributed by atoms with Crippen LogP contribution in [0, 0.1) is 20.8 Å². The second-order valence-electron chi connectivity index (χ2n) is 5.11. The minimum atomic E-state index is 0.797. The SMILES string of the molecule is Cc1cc2nc(-c3ccc(C)c(N)c3)[nH]c2cc1C.